The average Bonchev–Trinajstić information content (AvgIpc) is 2.56. The largest absolute Gasteiger partial charge is 0.373 e. The zero-order chi connectivity index (χ0) is 16.7. The van der Waals surface area contributed by atoms with E-state index in [9.17, 15) is 9.18 Å². The summed E-state index contributed by atoms with van der Waals surface area (Å²) in [6.07, 6.45) is 1.54. The highest BCUT2D eigenvalue weighted by atomic mass is 19.1. The Morgan fingerprint density at radius 2 is 1.78 bits per heavy atom. The van der Waals surface area contributed by atoms with Crippen LogP contribution in [0.15, 0.2) is 60.7 Å². The lowest BCUT2D eigenvalue weighted by Gasteiger charge is -2.19. The first-order valence-electron chi connectivity index (χ1n) is 7.54. The van der Waals surface area contributed by atoms with Crippen molar-refractivity contribution in [2.24, 2.45) is 0 Å². The Balaban J connectivity index is 1.83. The van der Waals surface area contributed by atoms with E-state index in [1.165, 1.54) is 18.2 Å². The van der Waals surface area contributed by atoms with E-state index in [0.717, 1.165) is 23.4 Å². The molecule has 0 aromatic heterocycles. The summed E-state index contributed by atoms with van der Waals surface area (Å²) >= 11 is 0. The summed E-state index contributed by atoms with van der Waals surface area (Å²) in [6, 6.07) is 16.1. The fourth-order valence-corrected chi connectivity index (χ4v) is 2.20. The smallest absolute Gasteiger partial charge is 0.244 e. The van der Waals surface area contributed by atoms with E-state index in [-0.39, 0.29) is 11.7 Å². The highest BCUT2D eigenvalue weighted by molar-refractivity contribution is 5.94. The molecule has 3 nitrogen and oxygen atoms in total. The molecule has 23 heavy (non-hydrogen) atoms. The van der Waals surface area contributed by atoms with Gasteiger partial charge in [0, 0.05) is 31.9 Å². The van der Waals surface area contributed by atoms with Gasteiger partial charge in [0.25, 0.3) is 0 Å². The van der Waals surface area contributed by atoms with Crippen LogP contribution >= 0.6 is 0 Å². The van der Waals surface area contributed by atoms with E-state index in [2.05, 4.69) is 10.2 Å². The summed E-state index contributed by atoms with van der Waals surface area (Å²) in [7, 11) is 1.99. The number of nitrogens with one attached hydrogen (secondary N) is 1. The van der Waals surface area contributed by atoms with Crippen LogP contribution in [0, 0.1) is 5.82 Å². The number of rotatable bonds is 6. The van der Waals surface area contributed by atoms with E-state index in [1.807, 2.05) is 44.3 Å². The summed E-state index contributed by atoms with van der Waals surface area (Å²) in [6.45, 7) is 3.11. The zero-order valence-electron chi connectivity index (χ0n) is 13.4. The molecule has 1 amide bonds. The quantitative estimate of drug-likeness (QED) is 0.828. The van der Waals surface area contributed by atoms with Gasteiger partial charge >= 0.3 is 0 Å². The summed E-state index contributed by atoms with van der Waals surface area (Å²) < 4.78 is 12.9. The maximum atomic E-state index is 12.9. The highest BCUT2D eigenvalue weighted by Gasteiger charge is 2.03. The Kier molecular flexibility index (Phi) is 5.92. The Morgan fingerprint density at radius 1 is 1.13 bits per heavy atom. The molecule has 2 aromatic rings. The van der Waals surface area contributed by atoms with Gasteiger partial charge in [-0.05, 0) is 42.3 Å². The van der Waals surface area contributed by atoms with E-state index in [4.69, 9.17) is 0 Å². The Bertz CT molecular complexity index is 666. The lowest BCUT2D eigenvalue weighted by molar-refractivity contribution is -0.116. The molecule has 0 heterocycles. The normalized spacial score (nSPS) is 11.2. The third-order valence-electron chi connectivity index (χ3n) is 3.59. The first-order valence-corrected chi connectivity index (χ1v) is 7.54. The third kappa shape index (κ3) is 5.25. The number of amides is 1. The van der Waals surface area contributed by atoms with Gasteiger partial charge < -0.3 is 10.2 Å². The van der Waals surface area contributed by atoms with Gasteiger partial charge in [-0.25, -0.2) is 4.39 Å². The van der Waals surface area contributed by atoms with E-state index >= 15 is 0 Å². The van der Waals surface area contributed by atoms with E-state index < -0.39 is 0 Å². The number of hydrogen-bond donors (Lipinski definition) is 1. The number of nitrogens with zero attached hydrogens (tertiary/aromatic N) is 1. The standard InChI is InChI=1S/C19H21FN2O/c1-15(16-8-10-17(20)11-9-16)14-19(23)21-12-13-22(2)18-6-4-3-5-7-18/h3-11,14H,12-13H2,1-2H3,(H,21,23)/b15-14+. The number of para-hydroxylation sites is 1. The molecule has 1 N–H and O–H groups in total. The summed E-state index contributed by atoms with van der Waals surface area (Å²) in [4.78, 5) is 14.0. The van der Waals surface area contributed by atoms with Crippen molar-refractivity contribution in [3.05, 3.63) is 72.1 Å². The van der Waals surface area contributed by atoms with Crippen molar-refractivity contribution < 1.29 is 9.18 Å². The first kappa shape index (κ1) is 16.7. The van der Waals surface area contributed by atoms with Crippen LogP contribution < -0.4 is 10.2 Å². The van der Waals surface area contributed by atoms with Crippen molar-refractivity contribution in [1.29, 1.82) is 0 Å². The van der Waals surface area contributed by atoms with Crippen LogP contribution in [0.4, 0.5) is 10.1 Å². The van der Waals surface area contributed by atoms with Gasteiger partial charge in [-0.3, -0.25) is 4.79 Å². The number of hydrogen-bond acceptors (Lipinski definition) is 2. The molecular weight excluding hydrogens is 291 g/mol. The van der Waals surface area contributed by atoms with Gasteiger partial charge in [0.05, 0.1) is 0 Å². The molecule has 4 heteroatoms. The van der Waals surface area contributed by atoms with Crippen molar-refractivity contribution >= 4 is 17.2 Å². The second-order valence-electron chi connectivity index (χ2n) is 5.38. The Labute approximate surface area is 136 Å². The van der Waals surface area contributed by atoms with Gasteiger partial charge in [0.1, 0.15) is 5.82 Å². The molecule has 2 rings (SSSR count). The second kappa shape index (κ2) is 8.13. The molecule has 0 fully saturated rings. The summed E-state index contributed by atoms with van der Waals surface area (Å²) in [5.74, 6) is -0.428. The lowest BCUT2D eigenvalue weighted by atomic mass is 10.1. The van der Waals surface area contributed by atoms with Crippen LogP contribution in [0.25, 0.3) is 5.57 Å². The van der Waals surface area contributed by atoms with Crippen molar-refractivity contribution in [3.63, 3.8) is 0 Å². The maximum Gasteiger partial charge on any atom is 0.244 e. The van der Waals surface area contributed by atoms with Crippen LogP contribution in [0.2, 0.25) is 0 Å². The van der Waals surface area contributed by atoms with Crippen molar-refractivity contribution in [2.45, 2.75) is 6.92 Å². The molecular formula is C19H21FN2O. The minimum Gasteiger partial charge on any atom is -0.373 e. The fraction of sp³-hybridized carbons (Fsp3) is 0.211. The minimum absolute atomic E-state index is 0.145. The van der Waals surface area contributed by atoms with Crippen molar-refractivity contribution in [3.8, 4) is 0 Å². The van der Waals surface area contributed by atoms with E-state index in [0.29, 0.717) is 6.54 Å². The number of carbonyl (C=O) groups excluding carboxylic acids is 1. The first-order chi connectivity index (χ1) is 11.1. The zero-order valence-corrected chi connectivity index (χ0v) is 13.4. The number of halogens is 1. The van der Waals surface area contributed by atoms with Gasteiger partial charge in [-0.2, -0.15) is 0 Å². The van der Waals surface area contributed by atoms with Crippen LogP contribution in [0.3, 0.4) is 0 Å². The maximum absolute atomic E-state index is 12.9. The highest BCUT2D eigenvalue weighted by Crippen LogP contribution is 2.14. The average molecular weight is 312 g/mol. The number of likely N-dealkylation sites (N-methyl/N-ethyl adjacent to an activating group) is 1. The molecule has 0 saturated heterocycles. The lowest BCUT2D eigenvalue weighted by Crippen LogP contribution is -2.32. The topological polar surface area (TPSA) is 32.3 Å². The second-order valence-corrected chi connectivity index (χ2v) is 5.38. The molecule has 0 aliphatic rings. The van der Waals surface area contributed by atoms with Gasteiger partial charge in [-0.1, -0.05) is 30.3 Å². The third-order valence-corrected chi connectivity index (χ3v) is 3.59. The molecule has 0 unspecified atom stereocenters. The molecule has 0 radical (unpaired) electrons. The van der Waals surface area contributed by atoms with Crippen LogP contribution in [-0.2, 0) is 4.79 Å². The minimum atomic E-state index is -0.282. The predicted octanol–water partition coefficient (Wildman–Crippen LogP) is 3.48. The summed E-state index contributed by atoms with van der Waals surface area (Å²) in [5, 5.41) is 2.86. The molecule has 2 aromatic carbocycles. The Hall–Kier alpha value is -2.62. The van der Waals surface area contributed by atoms with Crippen molar-refractivity contribution in [2.75, 3.05) is 25.0 Å². The Morgan fingerprint density at radius 3 is 2.43 bits per heavy atom. The number of anilines is 1. The SMILES string of the molecule is C/C(=C\C(=O)NCCN(C)c1ccccc1)c1ccc(F)cc1. The van der Waals surface area contributed by atoms with Gasteiger partial charge in [0.2, 0.25) is 5.91 Å². The number of carbonyl (C=O) groups is 1. The van der Waals surface area contributed by atoms with Crippen LogP contribution in [-0.4, -0.2) is 26.0 Å². The molecule has 0 atom stereocenters. The molecule has 0 aliphatic carbocycles. The monoisotopic (exact) mass is 312 g/mol. The molecule has 120 valence electrons. The fourth-order valence-electron chi connectivity index (χ4n) is 2.20. The molecule has 0 bridgehead atoms. The van der Waals surface area contributed by atoms with E-state index in [1.54, 1.807) is 12.1 Å². The molecule has 0 saturated carbocycles. The number of benzene rings is 2. The molecule has 0 aliphatic heterocycles. The van der Waals surface area contributed by atoms with Crippen molar-refractivity contribution in [1.82, 2.24) is 5.32 Å². The predicted molar refractivity (Wildman–Crippen MR) is 92.8 cm³/mol. The summed E-state index contributed by atoms with van der Waals surface area (Å²) in [5.41, 5.74) is 2.75. The number of allylic oxidation sites excluding steroid dienone is 1. The van der Waals surface area contributed by atoms with Gasteiger partial charge in [0.15, 0.2) is 0 Å². The van der Waals surface area contributed by atoms with Crippen LogP contribution in [0.5, 0.6) is 0 Å². The molecule has 0 spiro atoms. The van der Waals surface area contributed by atoms with Gasteiger partial charge in [-0.15, -0.1) is 0 Å². The van der Waals surface area contributed by atoms with Crippen LogP contribution in [0.1, 0.15) is 12.5 Å².